The molecule has 0 unspecified atom stereocenters. The summed E-state index contributed by atoms with van der Waals surface area (Å²) in [5.74, 6) is 0.492. The van der Waals surface area contributed by atoms with Crippen molar-refractivity contribution in [2.75, 3.05) is 26.7 Å². The first-order valence-electron chi connectivity index (χ1n) is 9.30. The van der Waals surface area contributed by atoms with Gasteiger partial charge in [0.15, 0.2) is 5.96 Å². The van der Waals surface area contributed by atoms with Crippen molar-refractivity contribution < 1.29 is 18.0 Å². The lowest BCUT2D eigenvalue weighted by atomic mass is 10.1. The number of guanidine groups is 1. The van der Waals surface area contributed by atoms with Gasteiger partial charge in [0, 0.05) is 31.6 Å². The van der Waals surface area contributed by atoms with Crippen LogP contribution in [0.15, 0.2) is 40.7 Å². The van der Waals surface area contributed by atoms with Gasteiger partial charge in [0.2, 0.25) is 5.91 Å². The van der Waals surface area contributed by atoms with E-state index in [2.05, 4.69) is 27.1 Å². The summed E-state index contributed by atoms with van der Waals surface area (Å²) < 4.78 is 37.8. The molecule has 0 saturated carbocycles. The zero-order valence-electron chi connectivity index (χ0n) is 16.5. The Morgan fingerprint density at radius 3 is 2.60 bits per heavy atom. The lowest BCUT2D eigenvalue weighted by molar-refractivity contribution is -0.137. The molecule has 1 aliphatic rings. The predicted molar refractivity (Wildman–Crippen MR) is 123 cm³/mol. The van der Waals surface area contributed by atoms with E-state index >= 15 is 0 Å². The maximum Gasteiger partial charge on any atom is 0.416 e. The first kappa shape index (κ1) is 24.4. The van der Waals surface area contributed by atoms with Gasteiger partial charge in [0.05, 0.1) is 12.1 Å². The highest BCUT2D eigenvalue weighted by atomic mass is 127. The second kappa shape index (κ2) is 11.0. The number of amides is 1. The normalized spacial score (nSPS) is 14.0. The van der Waals surface area contributed by atoms with Gasteiger partial charge in [0.25, 0.3) is 0 Å². The number of aliphatic imine (C=N–C) groups is 1. The Balaban J connectivity index is 0.00000320. The number of carbonyl (C=O) groups excluding carboxylic acids is 1. The molecule has 2 heterocycles. The zero-order chi connectivity index (χ0) is 20.9. The van der Waals surface area contributed by atoms with E-state index in [0.717, 1.165) is 24.1 Å². The van der Waals surface area contributed by atoms with Gasteiger partial charge in [-0.05, 0) is 47.5 Å². The minimum atomic E-state index is -4.32. The van der Waals surface area contributed by atoms with Gasteiger partial charge >= 0.3 is 6.18 Å². The molecule has 1 aromatic carbocycles. The molecule has 0 spiro atoms. The smallest absolute Gasteiger partial charge is 0.356 e. The van der Waals surface area contributed by atoms with Gasteiger partial charge in [-0.25, -0.2) is 0 Å². The summed E-state index contributed by atoms with van der Waals surface area (Å²) in [7, 11) is 1.61. The maximum absolute atomic E-state index is 12.6. The standard InChI is InChI=1S/C20H23F3N4OS.HI/c1-24-19(25-9-6-14-2-4-16(5-3-14)20(21,22)23)26-12-18(28)27-10-7-17-15(13-27)8-11-29-17;/h2-5,8,11H,6-7,9-10,12-13H2,1H3,(H2,24,25,26);1H. The SMILES string of the molecule is CN=C(NCCc1ccc(C(F)(F)F)cc1)NCC(=O)N1CCc2sccc2C1.I. The molecule has 5 nitrogen and oxygen atoms in total. The van der Waals surface area contributed by atoms with E-state index in [1.807, 2.05) is 4.90 Å². The fourth-order valence-corrected chi connectivity index (χ4v) is 4.03. The molecule has 0 saturated heterocycles. The number of thiophene rings is 1. The van der Waals surface area contributed by atoms with E-state index in [1.54, 1.807) is 18.4 Å². The van der Waals surface area contributed by atoms with Crippen molar-refractivity contribution in [3.05, 3.63) is 57.3 Å². The van der Waals surface area contributed by atoms with Gasteiger partial charge in [-0.2, -0.15) is 13.2 Å². The molecule has 1 aromatic heterocycles. The highest BCUT2D eigenvalue weighted by Crippen LogP contribution is 2.29. The van der Waals surface area contributed by atoms with Gasteiger partial charge in [0.1, 0.15) is 0 Å². The lowest BCUT2D eigenvalue weighted by Crippen LogP contribution is -2.46. The zero-order valence-corrected chi connectivity index (χ0v) is 19.6. The highest BCUT2D eigenvalue weighted by molar-refractivity contribution is 14.0. The Kier molecular flexibility index (Phi) is 8.95. The molecule has 0 aliphatic carbocycles. The Morgan fingerprint density at radius 1 is 1.20 bits per heavy atom. The van der Waals surface area contributed by atoms with Crippen LogP contribution in [-0.4, -0.2) is 43.4 Å². The number of benzene rings is 1. The topological polar surface area (TPSA) is 56.7 Å². The Hall–Kier alpha value is -1.82. The number of rotatable bonds is 5. The first-order valence-corrected chi connectivity index (χ1v) is 10.2. The average molecular weight is 552 g/mol. The second-order valence-electron chi connectivity index (χ2n) is 6.73. The van der Waals surface area contributed by atoms with Crippen LogP contribution in [0.25, 0.3) is 0 Å². The number of alkyl halides is 3. The predicted octanol–water partition coefficient (Wildman–Crippen LogP) is 3.68. The molecular formula is C20H24F3IN4OS. The summed E-state index contributed by atoms with van der Waals surface area (Å²) >= 11 is 1.73. The van der Waals surface area contributed by atoms with Gasteiger partial charge < -0.3 is 15.5 Å². The summed E-state index contributed by atoms with van der Waals surface area (Å²) in [5, 5.41) is 8.14. The molecular weight excluding hydrogens is 528 g/mol. The van der Waals surface area contributed by atoms with Crippen molar-refractivity contribution >= 4 is 47.2 Å². The number of halogens is 4. The molecule has 1 aliphatic heterocycles. The van der Waals surface area contributed by atoms with E-state index < -0.39 is 11.7 Å². The van der Waals surface area contributed by atoms with E-state index in [0.29, 0.717) is 32.0 Å². The molecule has 10 heteroatoms. The number of hydrogen-bond donors (Lipinski definition) is 2. The number of carbonyl (C=O) groups is 1. The third-order valence-electron chi connectivity index (χ3n) is 4.78. The molecule has 0 bridgehead atoms. The van der Waals surface area contributed by atoms with Crippen LogP contribution in [0.1, 0.15) is 21.6 Å². The Morgan fingerprint density at radius 2 is 1.93 bits per heavy atom. The second-order valence-corrected chi connectivity index (χ2v) is 7.73. The maximum atomic E-state index is 12.6. The number of nitrogens with one attached hydrogen (secondary N) is 2. The van der Waals surface area contributed by atoms with E-state index in [-0.39, 0.29) is 36.4 Å². The van der Waals surface area contributed by atoms with Crippen LogP contribution in [0.5, 0.6) is 0 Å². The van der Waals surface area contributed by atoms with Crippen LogP contribution >= 0.6 is 35.3 Å². The molecule has 164 valence electrons. The Bertz CT molecular complexity index is 868. The van der Waals surface area contributed by atoms with Crippen LogP contribution in [0.2, 0.25) is 0 Å². The summed E-state index contributed by atoms with van der Waals surface area (Å²) in [5.41, 5.74) is 1.35. The lowest BCUT2D eigenvalue weighted by Gasteiger charge is -2.27. The van der Waals surface area contributed by atoms with Crippen molar-refractivity contribution in [2.45, 2.75) is 25.6 Å². The van der Waals surface area contributed by atoms with Crippen molar-refractivity contribution in [1.29, 1.82) is 0 Å². The van der Waals surface area contributed by atoms with Crippen LogP contribution in [0, 0.1) is 0 Å². The van der Waals surface area contributed by atoms with Crippen molar-refractivity contribution in [3.8, 4) is 0 Å². The van der Waals surface area contributed by atoms with E-state index in [9.17, 15) is 18.0 Å². The van der Waals surface area contributed by atoms with Crippen molar-refractivity contribution in [1.82, 2.24) is 15.5 Å². The van der Waals surface area contributed by atoms with Crippen LogP contribution in [-0.2, 0) is 30.4 Å². The molecule has 3 rings (SSSR count). The minimum Gasteiger partial charge on any atom is -0.356 e. The fraction of sp³-hybridized carbons (Fsp3) is 0.400. The molecule has 2 aromatic rings. The average Bonchev–Trinajstić information content (AvgIpc) is 3.17. The molecule has 30 heavy (non-hydrogen) atoms. The van der Waals surface area contributed by atoms with Gasteiger partial charge in [-0.15, -0.1) is 35.3 Å². The number of hydrogen-bond acceptors (Lipinski definition) is 3. The van der Waals surface area contributed by atoms with Crippen molar-refractivity contribution in [2.24, 2.45) is 4.99 Å². The van der Waals surface area contributed by atoms with E-state index in [1.165, 1.54) is 22.6 Å². The molecule has 1 amide bonds. The molecule has 0 radical (unpaired) electrons. The number of nitrogens with zero attached hydrogens (tertiary/aromatic N) is 2. The summed E-state index contributed by atoms with van der Waals surface area (Å²) in [6, 6.07) is 7.17. The van der Waals surface area contributed by atoms with E-state index in [4.69, 9.17) is 0 Å². The fourth-order valence-electron chi connectivity index (χ4n) is 3.14. The molecule has 0 atom stereocenters. The van der Waals surface area contributed by atoms with Gasteiger partial charge in [-0.3, -0.25) is 9.79 Å². The van der Waals surface area contributed by atoms with Crippen LogP contribution in [0.3, 0.4) is 0 Å². The first-order chi connectivity index (χ1) is 13.9. The number of fused-ring (bicyclic) bond motifs is 1. The summed E-state index contributed by atoms with van der Waals surface area (Å²) in [6.07, 6.45) is -2.90. The van der Waals surface area contributed by atoms with Crippen LogP contribution in [0.4, 0.5) is 13.2 Å². The largest absolute Gasteiger partial charge is 0.416 e. The molecule has 0 fully saturated rings. The quantitative estimate of drug-likeness (QED) is 0.338. The summed E-state index contributed by atoms with van der Waals surface area (Å²) in [4.78, 5) is 19.7. The summed E-state index contributed by atoms with van der Waals surface area (Å²) in [6.45, 7) is 1.98. The third kappa shape index (κ3) is 6.59. The monoisotopic (exact) mass is 552 g/mol. The highest BCUT2D eigenvalue weighted by Gasteiger charge is 2.29. The minimum absolute atomic E-state index is 0. The molecule has 2 N–H and O–H groups in total. The Labute approximate surface area is 194 Å². The van der Waals surface area contributed by atoms with Gasteiger partial charge in [-0.1, -0.05) is 12.1 Å². The van der Waals surface area contributed by atoms with Crippen molar-refractivity contribution in [3.63, 3.8) is 0 Å². The van der Waals surface area contributed by atoms with Crippen LogP contribution < -0.4 is 10.6 Å². The third-order valence-corrected chi connectivity index (χ3v) is 5.80.